The van der Waals surface area contributed by atoms with E-state index in [-0.39, 0.29) is 48.0 Å². The van der Waals surface area contributed by atoms with Crippen molar-refractivity contribution in [1.82, 2.24) is 4.98 Å². The van der Waals surface area contributed by atoms with Gasteiger partial charge < -0.3 is 52.4 Å². The maximum absolute atomic E-state index is 5.05. The Kier molecular flexibility index (Phi) is 10.7. The summed E-state index contributed by atoms with van der Waals surface area (Å²) in [5.74, 6) is 1.15. The molecule has 0 fully saturated rings. The van der Waals surface area contributed by atoms with Gasteiger partial charge in [0.2, 0.25) is 5.03 Å². The highest BCUT2D eigenvalue weighted by Gasteiger charge is 2.22. The Balaban J connectivity index is 0.00000196. The molecule has 0 radical (unpaired) electrons. The molecule has 0 saturated carbocycles. The summed E-state index contributed by atoms with van der Waals surface area (Å²) in [7, 11) is 6.76. The molecule has 3 nitrogen and oxygen atoms in total. The van der Waals surface area contributed by atoms with Crippen molar-refractivity contribution in [3.63, 3.8) is 0 Å². The molecule has 0 unspecified atom stereocenters. The number of para-hydroxylation sites is 2. The highest BCUT2D eigenvalue weighted by atomic mass is 127. The van der Waals surface area contributed by atoms with Crippen LogP contribution in [0.5, 0.6) is 0 Å². The van der Waals surface area contributed by atoms with Crippen molar-refractivity contribution < 1.29 is 57.0 Å². The van der Waals surface area contributed by atoms with Gasteiger partial charge in [-0.15, -0.1) is 0 Å². The zero-order chi connectivity index (χ0) is 18.6. The van der Waals surface area contributed by atoms with Gasteiger partial charge in [0.25, 0.3) is 0 Å². The van der Waals surface area contributed by atoms with E-state index >= 15 is 0 Å². The Bertz CT molecular complexity index is 880. The van der Waals surface area contributed by atoms with Gasteiger partial charge in [0.15, 0.2) is 0 Å². The summed E-state index contributed by atoms with van der Waals surface area (Å²) in [6.07, 6.45) is 5.47. The molecule has 28 heavy (non-hydrogen) atoms. The SMILES string of the molecule is CSc1nc(CCCC[N+](C)(C)C)[n+](-c2ccccc2)c2ccccc12.[I-].[I-]. The second-order valence-electron chi connectivity index (χ2n) is 7.70. The molecule has 3 rings (SSSR count). The summed E-state index contributed by atoms with van der Waals surface area (Å²) in [5, 5.41) is 2.34. The van der Waals surface area contributed by atoms with Crippen molar-refractivity contribution in [3.05, 3.63) is 60.4 Å². The van der Waals surface area contributed by atoms with E-state index in [1.54, 1.807) is 11.8 Å². The Morgan fingerprint density at radius 2 is 1.54 bits per heavy atom. The lowest BCUT2D eigenvalue weighted by molar-refractivity contribution is -0.870. The van der Waals surface area contributed by atoms with Crippen LogP contribution in [0.4, 0.5) is 0 Å². The molecule has 6 heteroatoms. The molecule has 0 N–H and O–H groups in total. The molecule has 0 amide bonds. The van der Waals surface area contributed by atoms with Crippen LogP contribution in [-0.2, 0) is 6.42 Å². The third-order valence-electron chi connectivity index (χ3n) is 4.55. The number of fused-ring (bicyclic) bond motifs is 1. The van der Waals surface area contributed by atoms with Gasteiger partial charge in [0.05, 0.1) is 39.5 Å². The maximum Gasteiger partial charge on any atom is 0.305 e. The van der Waals surface area contributed by atoms with E-state index in [0.717, 1.165) is 28.2 Å². The van der Waals surface area contributed by atoms with Crippen LogP contribution in [0.2, 0.25) is 0 Å². The van der Waals surface area contributed by atoms with Crippen LogP contribution in [0.1, 0.15) is 18.7 Å². The van der Waals surface area contributed by atoms with Crippen molar-refractivity contribution in [1.29, 1.82) is 0 Å². The number of thioether (sulfide) groups is 1. The number of hydrogen-bond acceptors (Lipinski definition) is 2. The standard InChI is InChI=1S/C22H29N3S.2HI/c1-25(2,3)17-11-10-16-21-23-22(26-4)19-14-8-9-15-20(19)24(21)18-12-6-5-7-13-18;;/h5-9,12-15H,10-11,16-17H2,1-4H3;2*1H/q+2;;/p-2. The largest absolute Gasteiger partial charge is 1.00 e. The molecular weight excluding hydrogens is 592 g/mol. The highest BCUT2D eigenvalue weighted by Crippen LogP contribution is 2.24. The first-order valence-corrected chi connectivity index (χ1v) is 10.5. The summed E-state index contributed by atoms with van der Waals surface area (Å²) in [4.78, 5) is 5.05. The summed E-state index contributed by atoms with van der Waals surface area (Å²) < 4.78 is 3.35. The Hall–Kier alpha value is -0.450. The minimum atomic E-state index is 0. The zero-order valence-electron chi connectivity index (χ0n) is 17.0. The number of aromatic nitrogens is 2. The summed E-state index contributed by atoms with van der Waals surface area (Å²) in [6.45, 7) is 1.19. The van der Waals surface area contributed by atoms with Crippen LogP contribution in [0, 0.1) is 0 Å². The summed E-state index contributed by atoms with van der Waals surface area (Å²) >= 11 is 1.73. The number of halogens is 2. The molecule has 0 aliphatic rings. The minimum Gasteiger partial charge on any atom is -1.00 e. The number of hydrogen-bond donors (Lipinski definition) is 0. The number of rotatable bonds is 7. The van der Waals surface area contributed by atoms with Crippen LogP contribution in [0.15, 0.2) is 59.6 Å². The molecule has 0 aliphatic heterocycles. The lowest BCUT2D eigenvalue weighted by Crippen LogP contribution is -3.00. The Morgan fingerprint density at radius 1 is 0.893 bits per heavy atom. The van der Waals surface area contributed by atoms with Crippen LogP contribution in [-0.4, -0.2) is 43.4 Å². The van der Waals surface area contributed by atoms with Gasteiger partial charge >= 0.3 is 5.82 Å². The van der Waals surface area contributed by atoms with E-state index in [1.165, 1.54) is 29.6 Å². The van der Waals surface area contributed by atoms with Gasteiger partial charge in [0.1, 0.15) is 11.2 Å². The first-order valence-electron chi connectivity index (χ1n) is 9.23. The van der Waals surface area contributed by atoms with Gasteiger partial charge in [-0.25, -0.2) is 0 Å². The topological polar surface area (TPSA) is 16.8 Å². The maximum atomic E-state index is 5.05. The molecule has 2 aromatic carbocycles. The van der Waals surface area contributed by atoms with Gasteiger partial charge in [-0.1, -0.05) is 42.1 Å². The minimum absolute atomic E-state index is 0. The van der Waals surface area contributed by atoms with E-state index in [0.29, 0.717) is 0 Å². The first kappa shape index (κ1) is 25.6. The fourth-order valence-corrected chi connectivity index (χ4v) is 3.86. The molecule has 0 aliphatic carbocycles. The molecular formula is C22H29I2N3S. The first-order chi connectivity index (χ1) is 12.5. The third-order valence-corrected chi connectivity index (χ3v) is 5.25. The summed E-state index contributed by atoms with van der Waals surface area (Å²) in [6, 6.07) is 19.2. The van der Waals surface area contributed by atoms with E-state index < -0.39 is 0 Å². The van der Waals surface area contributed by atoms with Crippen molar-refractivity contribution in [3.8, 4) is 5.69 Å². The van der Waals surface area contributed by atoms with Crippen LogP contribution in [0.25, 0.3) is 16.6 Å². The normalized spacial score (nSPS) is 11.0. The van der Waals surface area contributed by atoms with Gasteiger partial charge in [-0.2, -0.15) is 4.57 Å². The van der Waals surface area contributed by atoms with E-state index in [4.69, 9.17) is 4.98 Å². The Morgan fingerprint density at radius 3 is 2.18 bits per heavy atom. The van der Waals surface area contributed by atoms with Crippen molar-refractivity contribution >= 4 is 22.7 Å². The monoisotopic (exact) mass is 621 g/mol. The van der Waals surface area contributed by atoms with E-state index in [2.05, 4.69) is 86.6 Å². The number of unbranched alkanes of at least 4 members (excludes halogenated alkanes) is 1. The lowest BCUT2D eigenvalue weighted by Gasteiger charge is -2.23. The fraction of sp³-hybridized carbons (Fsp3) is 0.364. The van der Waals surface area contributed by atoms with E-state index in [9.17, 15) is 0 Å². The molecule has 0 spiro atoms. The molecule has 1 heterocycles. The number of aryl methyl sites for hydroxylation is 1. The molecule has 0 bridgehead atoms. The second kappa shape index (κ2) is 11.7. The summed E-state index contributed by atoms with van der Waals surface area (Å²) in [5.41, 5.74) is 2.42. The average molecular weight is 621 g/mol. The van der Waals surface area contributed by atoms with Gasteiger partial charge in [0, 0.05) is 0 Å². The third kappa shape index (κ3) is 6.53. The zero-order valence-corrected chi connectivity index (χ0v) is 22.2. The molecule has 0 saturated heterocycles. The van der Waals surface area contributed by atoms with Crippen molar-refractivity contribution in [2.75, 3.05) is 33.9 Å². The predicted octanol–water partition coefficient (Wildman–Crippen LogP) is -1.73. The lowest BCUT2D eigenvalue weighted by atomic mass is 10.1. The van der Waals surface area contributed by atoms with Crippen LogP contribution < -0.4 is 52.5 Å². The van der Waals surface area contributed by atoms with Crippen molar-refractivity contribution in [2.45, 2.75) is 24.3 Å². The fourth-order valence-electron chi connectivity index (χ4n) is 3.27. The average Bonchev–Trinajstić information content (AvgIpc) is 2.64. The van der Waals surface area contributed by atoms with Gasteiger partial charge in [-0.3, -0.25) is 0 Å². The van der Waals surface area contributed by atoms with Crippen molar-refractivity contribution in [2.24, 2.45) is 0 Å². The number of nitrogens with zero attached hydrogens (tertiary/aromatic N) is 3. The smallest absolute Gasteiger partial charge is 0.305 e. The molecule has 0 atom stereocenters. The van der Waals surface area contributed by atoms with Crippen LogP contribution in [0.3, 0.4) is 0 Å². The Labute approximate surface area is 207 Å². The number of benzene rings is 2. The van der Waals surface area contributed by atoms with Gasteiger partial charge in [-0.05, 0) is 48.3 Å². The predicted molar refractivity (Wildman–Crippen MR) is 111 cm³/mol. The quantitative estimate of drug-likeness (QED) is 0.0780. The highest BCUT2D eigenvalue weighted by molar-refractivity contribution is 7.98. The van der Waals surface area contributed by atoms with Crippen LogP contribution >= 0.6 is 11.8 Å². The molecule has 3 aromatic rings. The molecule has 1 aromatic heterocycles. The second-order valence-corrected chi connectivity index (χ2v) is 8.49. The van der Waals surface area contributed by atoms with E-state index in [1.807, 2.05) is 0 Å². The molecule has 152 valence electrons. The number of quaternary nitrogens is 1.